The Hall–Kier alpha value is -3.15. The van der Waals surface area contributed by atoms with Crippen LogP contribution in [0.3, 0.4) is 0 Å². The number of halogens is 1. The van der Waals surface area contributed by atoms with Crippen LogP contribution in [0.2, 0.25) is 0 Å². The van der Waals surface area contributed by atoms with Crippen LogP contribution in [0.15, 0.2) is 55.1 Å². The number of nitrogens with zero attached hydrogens (tertiary/aromatic N) is 3. The summed E-state index contributed by atoms with van der Waals surface area (Å²) in [7, 11) is 0. The Labute approximate surface area is 137 Å². The second-order valence-corrected chi connectivity index (χ2v) is 5.63. The third-order valence-electron chi connectivity index (χ3n) is 3.72. The van der Waals surface area contributed by atoms with E-state index in [1.165, 1.54) is 6.07 Å². The van der Waals surface area contributed by atoms with Crippen molar-refractivity contribution in [3.8, 4) is 11.5 Å². The summed E-state index contributed by atoms with van der Waals surface area (Å²) in [6.45, 7) is 2.53. The number of nitrogens with one attached hydrogen (secondary N) is 1. The van der Waals surface area contributed by atoms with Gasteiger partial charge in [0.2, 0.25) is 0 Å². The molecule has 0 radical (unpaired) electrons. The fourth-order valence-corrected chi connectivity index (χ4v) is 2.50. The van der Waals surface area contributed by atoms with Gasteiger partial charge < -0.3 is 14.3 Å². The third-order valence-corrected chi connectivity index (χ3v) is 3.72. The van der Waals surface area contributed by atoms with Crippen LogP contribution in [-0.2, 0) is 6.54 Å². The van der Waals surface area contributed by atoms with Crippen molar-refractivity contribution in [3.05, 3.63) is 72.3 Å². The second kappa shape index (κ2) is 5.81. The van der Waals surface area contributed by atoms with E-state index in [0.717, 1.165) is 11.4 Å². The van der Waals surface area contributed by atoms with Crippen molar-refractivity contribution in [2.24, 2.45) is 0 Å². The minimum Gasteiger partial charge on any atom is -0.454 e. The van der Waals surface area contributed by atoms with Gasteiger partial charge in [-0.1, -0.05) is 17.7 Å². The lowest BCUT2D eigenvalue weighted by molar-refractivity contribution is 0.443. The number of rotatable bonds is 4. The van der Waals surface area contributed by atoms with Crippen molar-refractivity contribution in [1.29, 1.82) is 0 Å². The number of hydrogen-bond acceptors (Lipinski definition) is 3. The molecule has 6 heteroatoms. The van der Waals surface area contributed by atoms with Crippen LogP contribution in [0.1, 0.15) is 11.4 Å². The lowest BCUT2D eigenvalue weighted by atomic mass is 10.2. The molecule has 0 atom stereocenters. The highest BCUT2D eigenvalue weighted by atomic mass is 19.1. The predicted molar refractivity (Wildman–Crippen MR) is 88.6 cm³/mol. The zero-order valence-electron chi connectivity index (χ0n) is 13.0. The molecule has 5 nitrogen and oxygen atoms in total. The van der Waals surface area contributed by atoms with E-state index in [0.29, 0.717) is 23.3 Å². The van der Waals surface area contributed by atoms with Crippen LogP contribution in [-0.4, -0.2) is 19.5 Å². The maximum atomic E-state index is 14.3. The predicted octanol–water partition coefficient (Wildman–Crippen LogP) is 4.05. The average Bonchev–Trinajstić information content (AvgIpc) is 3.19. The van der Waals surface area contributed by atoms with Crippen molar-refractivity contribution in [2.75, 3.05) is 0 Å². The zero-order chi connectivity index (χ0) is 16.5. The molecule has 0 fully saturated rings. The summed E-state index contributed by atoms with van der Waals surface area (Å²) >= 11 is 0. The van der Waals surface area contributed by atoms with E-state index >= 15 is 0 Å². The van der Waals surface area contributed by atoms with Crippen LogP contribution in [0.4, 0.5) is 4.39 Å². The van der Waals surface area contributed by atoms with E-state index in [9.17, 15) is 4.39 Å². The number of imidazole rings is 2. The van der Waals surface area contributed by atoms with Gasteiger partial charge in [-0.05, 0) is 19.1 Å². The fraction of sp³-hybridized carbons (Fsp3) is 0.111. The van der Waals surface area contributed by atoms with Crippen molar-refractivity contribution in [2.45, 2.75) is 13.5 Å². The van der Waals surface area contributed by atoms with Gasteiger partial charge in [0.25, 0.3) is 0 Å². The highest BCUT2D eigenvalue weighted by Gasteiger charge is 2.11. The minimum atomic E-state index is -0.430. The molecule has 0 saturated carbocycles. The molecule has 0 aliphatic rings. The summed E-state index contributed by atoms with van der Waals surface area (Å²) < 4.78 is 21.8. The number of hydrogen-bond donors (Lipinski definition) is 1. The van der Waals surface area contributed by atoms with Crippen LogP contribution in [0.25, 0.3) is 11.0 Å². The lowest BCUT2D eigenvalue weighted by Gasteiger charge is -2.06. The van der Waals surface area contributed by atoms with E-state index in [4.69, 9.17) is 4.74 Å². The van der Waals surface area contributed by atoms with Gasteiger partial charge in [0.15, 0.2) is 11.6 Å². The SMILES string of the molecule is Cc1ccc(Oc2cc3nc(Cn4ccnc4)[nH]c3cc2F)cc1. The summed E-state index contributed by atoms with van der Waals surface area (Å²) in [6, 6.07) is 10.5. The second-order valence-electron chi connectivity index (χ2n) is 5.63. The van der Waals surface area contributed by atoms with Crippen molar-refractivity contribution in [1.82, 2.24) is 19.5 Å². The molecule has 2 heterocycles. The van der Waals surface area contributed by atoms with Gasteiger partial charge in [-0.15, -0.1) is 0 Å². The molecule has 2 aromatic heterocycles. The van der Waals surface area contributed by atoms with Crippen LogP contribution in [0.5, 0.6) is 11.5 Å². The Morgan fingerprint density at radius 1 is 1.21 bits per heavy atom. The van der Waals surface area contributed by atoms with Gasteiger partial charge in [-0.25, -0.2) is 14.4 Å². The minimum absolute atomic E-state index is 0.159. The highest BCUT2D eigenvalue weighted by molar-refractivity contribution is 5.77. The molecule has 0 aliphatic heterocycles. The monoisotopic (exact) mass is 322 g/mol. The topological polar surface area (TPSA) is 55.7 Å². The quantitative estimate of drug-likeness (QED) is 0.617. The summed E-state index contributed by atoms with van der Waals surface area (Å²) in [5, 5.41) is 0. The smallest absolute Gasteiger partial charge is 0.167 e. The number of ether oxygens (including phenoxy) is 1. The van der Waals surface area contributed by atoms with Crippen LogP contribution >= 0.6 is 0 Å². The number of aryl methyl sites for hydroxylation is 1. The third kappa shape index (κ3) is 2.86. The Morgan fingerprint density at radius 2 is 2.04 bits per heavy atom. The summed E-state index contributed by atoms with van der Waals surface area (Å²) in [5.74, 6) is 1.05. The molecule has 4 rings (SSSR count). The molecule has 0 saturated heterocycles. The van der Waals surface area contributed by atoms with E-state index in [1.54, 1.807) is 18.6 Å². The van der Waals surface area contributed by atoms with Gasteiger partial charge in [0.05, 0.1) is 23.9 Å². The molecular weight excluding hydrogens is 307 g/mol. The Kier molecular flexibility index (Phi) is 3.49. The number of benzene rings is 2. The largest absolute Gasteiger partial charge is 0.454 e. The maximum Gasteiger partial charge on any atom is 0.167 e. The number of H-pyrrole nitrogens is 1. The van der Waals surface area contributed by atoms with E-state index in [1.807, 2.05) is 42.0 Å². The molecule has 4 aromatic rings. The van der Waals surface area contributed by atoms with E-state index < -0.39 is 5.82 Å². The van der Waals surface area contributed by atoms with E-state index in [-0.39, 0.29) is 5.75 Å². The van der Waals surface area contributed by atoms with Crippen molar-refractivity contribution < 1.29 is 9.13 Å². The molecule has 2 aromatic carbocycles. The number of aromatic amines is 1. The molecule has 0 aliphatic carbocycles. The van der Waals surface area contributed by atoms with Gasteiger partial charge in [0.1, 0.15) is 11.6 Å². The fourth-order valence-electron chi connectivity index (χ4n) is 2.50. The van der Waals surface area contributed by atoms with Crippen molar-refractivity contribution in [3.63, 3.8) is 0 Å². The first-order valence-corrected chi connectivity index (χ1v) is 7.56. The Bertz CT molecular complexity index is 974. The molecule has 0 spiro atoms. The Morgan fingerprint density at radius 3 is 2.79 bits per heavy atom. The molecule has 0 bridgehead atoms. The molecule has 24 heavy (non-hydrogen) atoms. The summed E-state index contributed by atoms with van der Waals surface area (Å²) in [4.78, 5) is 11.6. The Balaban J connectivity index is 1.64. The standard InChI is InChI=1S/C18H15FN4O/c1-12-2-4-13(5-3-12)24-17-9-16-15(8-14(17)19)21-18(22-16)10-23-7-6-20-11-23/h2-9,11H,10H2,1H3,(H,21,22). The molecule has 0 unspecified atom stereocenters. The first-order chi connectivity index (χ1) is 11.7. The van der Waals surface area contributed by atoms with Gasteiger partial charge in [-0.2, -0.15) is 0 Å². The number of fused-ring (bicyclic) bond motifs is 1. The molecule has 0 amide bonds. The maximum absolute atomic E-state index is 14.3. The first kappa shape index (κ1) is 14.4. The van der Waals surface area contributed by atoms with Crippen LogP contribution < -0.4 is 4.74 Å². The highest BCUT2D eigenvalue weighted by Crippen LogP contribution is 2.28. The zero-order valence-corrected chi connectivity index (χ0v) is 13.0. The van der Waals surface area contributed by atoms with E-state index in [2.05, 4.69) is 15.0 Å². The normalized spacial score (nSPS) is 11.1. The van der Waals surface area contributed by atoms with Gasteiger partial charge in [0, 0.05) is 24.5 Å². The van der Waals surface area contributed by atoms with Crippen LogP contribution in [0, 0.1) is 12.7 Å². The lowest BCUT2D eigenvalue weighted by Crippen LogP contribution is -1.97. The van der Waals surface area contributed by atoms with Gasteiger partial charge in [-0.3, -0.25) is 0 Å². The number of aromatic nitrogens is 4. The van der Waals surface area contributed by atoms with Gasteiger partial charge >= 0.3 is 0 Å². The summed E-state index contributed by atoms with van der Waals surface area (Å²) in [5.41, 5.74) is 2.42. The average molecular weight is 322 g/mol. The molecular formula is C18H15FN4O. The first-order valence-electron chi connectivity index (χ1n) is 7.56. The summed E-state index contributed by atoms with van der Waals surface area (Å²) in [6.07, 6.45) is 5.26. The molecule has 120 valence electrons. The molecule has 1 N–H and O–H groups in total. The van der Waals surface area contributed by atoms with Crippen molar-refractivity contribution >= 4 is 11.0 Å².